The Labute approximate surface area is 136 Å². The van der Waals surface area contributed by atoms with Crippen LogP contribution in [0.4, 0.5) is 0 Å². The van der Waals surface area contributed by atoms with Crippen LogP contribution in [0.2, 0.25) is 0 Å². The van der Waals surface area contributed by atoms with Gasteiger partial charge in [0.2, 0.25) is 11.8 Å². The molecule has 0 radical (unpaired) electrons. The van der Waals surface area contributed by atoms with Crippen molar-refractivity contribution in [3.05, 3.63) is 0 Å². The summed E-state index contributed by atoms with van der Waals surface area (Å²) in [7, 11) is 0. The summed E-state index contributed by atoms with van der Waals surface area (Å²) >= 11 is 0. The van der Waals surface area contributed by atoms with Gasteiger partial charge in [-0.25, -0.2) is 0 Å². The van der Waals surface area contributed by atoms with Gasteiger partial charge in [-0.3, -0.25) is 9.59 Å². The number of hydrogen-bond donors (Lipinski definition) is 0. The average molecular weight is 310 g/mol. The van der Waals surface area contributed by atoms with Gasteiger partial charge in [0.05, 0.1) is 0 Å². The van der Waals surface area contributed by atoms with Gasteiger partial charge in [-0.1, -0.05) is 39.5 Å². The molecule has 0 saturated heterocycles. The third-order valence-electron chi connectivity index (χ3n) is 4.58. The van der Waals surface area contributed by atoms with Crippen molar-refractivity contribution in [3.8, 4) is 0 Å². The van der Waals surface area contributed by atoms with Gasteiger partial charge in [-0.05, 0) is 25.7 Å². The van der Waals surface area contributed by atoms with Crippen LogP contribution in [0.3, 0.4) is 0 Å². The smallest absolute Gasteiger partial charge is 0.224 e. The van der Waals surface area contributed by atoms with Crippen LogP contribution in [0, 0.1) is 0 Å². The largest absolute Gasteiger partial charge is 0.343 e. The molecule has 2 amide bonds. The Morgan fingerprint density at radius 1 is 0.909 bits per heavy atom. The summed E-state index contributed by atoms with van der Waals surface area (Å²) in [5, 5.41) is 0. The van der Waals surface area contributed by atoms with Crippen LogP contribution in [0.25, 0.3) is 0 Å². The van der Waals surface area contributed by atoms with Crippen LogP contribution in [0.15, 0.2) is 0 Å². The molecule has 0 aromatic heterocycles. The highest BCUT2D eigenvalue weighted by molar-refractivity contribution is 5.78. The quantitative estimate of drug-likeness (QED) is 0.643. The molecule has 1 rings (SSSR count). The third kappa shape index (κ3) is 6.37. The fourth-order valence-electron chi connectivity index (χ4n) is 3.44. The maximum atomic E-state index is 12.4. The summed E-state index contributed by atoms with van der Waals surface area (Å²) in [6.07, 6.45) is 9.62. The minimum atomic E-state index is 0.122. The van der Waals surface area contributed by atoms with E-state index < -0.39 is 0 Å². The lowest BCUT2D eigenvalue weighted by molar-refractivity contribution is -0.135. The normalized spacial score (nSPS) is 16.1. The molecule has 1 aliphatic carbocycles. The standard InChI is InChI=1S/C18H34N2O2/c1-4-13-19(14-5-2)18(22)12-15-20(16(3)21)17-10-8-6-7-9-11-17/h17H,4-15H2,1-3H3. The second-order valence-corrected chi connectivity index (χ2v) is 6.49. The lowest BCUT2D eigenvalue weighted by Crippen LogP contribution is -2.42. The molecule has 128 valence electrons. The van der Waals surface area contributed by atoms with Gasteiger partial charge in [0.15, 0.2) is 0 Å². The molecule has 0 aliphatic heterocycles. The van der Waals surface area contributed by atoms with E-state index in [1.54, 1.807) is 6.92 Å². The lowest BCUT2D eigenvalue weighted by Gasteiger charge is -2.31. The Balaban J connectivity index is 2.55. The molecule has 1 aliphatic rings. The number of hydrogen-bond acceptors (Lipinski definition) is 2. The molecule has 4 nitrogen and oxygen atoms in total. The van der Waals surface area contributed by atoms with Gasteiger partial charge >= 0.3 is 0 Å². The first-order valence-corrected chi connectivity index (χ1v) is 9.15. The second-order valence-electron chi connectivity index (χ2n) is 6.49. The summed E-state index contributed by atoms with van der Waals surface area (Å²) in [5.41, 5.74) is 0. The van der Waals surface area contributed by atoms with Crippen molar-refractivity contribution in [1.82, 2.24) is 9.80 Å². The van der Waals surface area contributed by atoms with E-state index in [2.05, 4.69) is 13.8 Å². The highest BCUT2D eigenvalue weighted by atomic mass is 16.2. The van der Waals surface area contributed by atoms with E-state index in [9.17, 15) is 9.59 Å². The summed E-state index contributed by atoms with van der Waals surface area (Å²) < 4.78 is 0. The zero-order chi connectivity index (χ0) is 16.4. The van der Waals surface area contributed by atoms with Crippen molar-refractivity contribution in [3.63, 3.8) is 0 Å². The molecular formula is C18H34N2O2. The molecule has 22 heavy (non-hydrogen) atoms. The SMILES string of the molecule is CCCN(CCC)C(=O)CCN(C(C)=O)C1CCCCCC1. The Morgan fingerprint density at radius 3 is 1.91 bits per heavy atom. The summed E-state index contributed by atoms with van der Waals surface area (Å²) in [6, 6.07) is 0.346. The van der Waals surface area contributed by atoms with Gasteiger partial charge in [0.1, 0.15) is 0 Å². The highest BCUT2D eigenvalue weighted by Gasteiger charge is 2.23. The maximum absolute atomic E-state index is 12.4. The Kier molecular flexibility index (Phi) is 9.17. The minimum absolute atomic E-state index is 0.122. The third-order valence-corrected chi connectivity index (χ3v) is 4.58. The van der Waals surface area contributed by atoms with Crippen molar-refractivity contribution < 1.29 is 9.59 Å². The molecule has 0 bridgehead atoms. The summed E-state index contributed by atoms with van der Waals surface area (Å²) in [5.74, 6) is 0.320. The number of nitrogens with zero attached hydrogens (tertiary/aromatic N) is 2. The van der Waals surface area contributed by atoms with E-state index in [4.69, 9.17) is 0 Å². The summed E-state index contributed by atoms with van der Waals surface area (Å²) in [6.45, 7) is 8.09. The first-order chi connectivity index (χ1) is 10.6. The zero-order valence-electron chi connectivity index (χ0n) is 14.8. The van der Waals surface area contributed by atoms with Gasteiger partial charge < -0.3 is 9.80 Å². The van der Waals surface area contributed by atoms with E-state index in [0.717, 1.165) is 38.8 Å². The van der Waals surface area contributed by atoms with Crippen molar-refractivity contribution in [2.75, 3.05) is 19.6 Å². The van der Waals surface area contributed by atoms with Crippen LogP contribution < -0.4 is 0 Å². The zero-order valence-corrected chi connectivity index (χ0v) is 14.8. The predicted molar refractivity (Wildman–Crippen MR) is 90.7 cm³/mol. The minimum Gasteiger partial charge on any atom is -0.343 e. The molecule has 1 saturated carbocycles. The molecule has 4 heteroatoms. The van der Waals surface area contributed by atoms with Crippen molar-refractivity contribution in [1.29, 1.82) is 0 Å². The first kappa shape index (κ1) is 19.0. The topological polar surface area (TPSA) is 40.6 Å². The molecule has 0 aromatic carbocycles. The highest BCUT2D eigenvalue weighted by Crippen LogP contribution is 2.22. The van der Waals surface area contributed by atoms with Gasteiger partial charge in [0.25, 0.3) is 0 Å². The Morgan fingerprint density at radius 2 is 1.45 bits per heavy atom. The van der Waals surface area contributed by atoms with Crippen LogP contribution in [0.5, 0.6) is 0 Å². The van der Waals surface area contributed by atoms with E-state index >= 15 is 0 Å². The number of rotatable bonds is 8. The molecule has 0 heterocycles. The van der Waals surface area contributed by atoms with E-state index in [0.29, 0.717) is 19.0 Å². The average Bonchev–Trinajstić information content (AvgIpc) is 2.76. The Bertz CT molecular complexity index is 330. The predicted octanol–water partition coefficient (Wildman–Crippen LogP) is 3.60. The fraction of sp³-hybridized carbons (Fsp3) is 0.889. The molecular weight excluding hydrogens is 276 g/mol. The van der Waals surface area contributed by atoms with E-state index in [1.807, 2.05) is 9.80 Å². The Hall–Kier alpha value is -1.06. The molecule has 1 fully saturated rings. The monoisotopic (exact) mass is 310 g/mol. The molecule has 0 N–H and O–H groups in total. The second kappa shape index (κ2) is 10.6. The molecule has 0 aromatic rings. The lowest BCUT2D eigenvalue weighted by atomic mass is 10.1. The van der Waals surface area contributed by atoms with Crippen molar-refractivity contribution in [2.45, 2.75) is 84.6 Å². The number of carbonyl (C=O) groups is 2. The van der Waals surface area contributed by atoms with Crippen LogP contribution >= 0.6 is 0 Å². The van der Waals surface area contributed by atoms with Crippen LogP contribution in [0.1, 0.15) is 78.6 Å². The van der Waals surface area contributed by atoms with Crippen LogP contribution in [-0.4, -0.2) is 47.3 Å². The number of amides is 2. The van der Waals surface area contributed by atoms with E-state index in [-0.39, 0.29) is 11.8 Å². The maximum Gasteiger partial charge on any atom is 0.224 e. The molecule has 0 spiro atoms. The van der Waals surface area contributed by atoms with Gasteiger partial charge in [-0.15, -0.1) is 0 Å². The molecule has 0 atom stereocenters. The first-order valence-electron chi connectivity index (χ1n) is 9.15. The van der Waals surface area contributed by atoms with Crippen molar-refractivity contribution in [2.24, 2.45) is 0 Å². The molecule has 0 unspecified atom stereocenters. The van der Waals surface area contributed by atoms with Gasteiger partial charge in [0, 0.05) is 39.0 Å². The fourth-order valence-corrected chi connectivity index (χ4v) is 3.44. The summed E-state index contributed by atoms with van der Waals surface area (Å²) in [4.78, 5) is 28.3. The van der Waals surface area contributed by atoms with Gasteiger partial charge in [-0.2, -0.15) is 0 Å². The van der Waals surface area contributed by atoms with E-state index in [1.165, 1.54) is 25.7 Å². The van der Waals surface area contributed by atoms with Crippen molar-refractivity contribution >= 4 is 11.8 Å². The van der Waals surface area contributed by atoms with Crippen LogP contribution in [-0.2, 0) is 9.59 Å². The number of carbonyl (C=O) groups excluding carboxylic acids is 2.